The molecule has 0 bridgehead atoms. The number of amides is 2. The van der Waals surface area contributed by atoms with Gasteiger partial charge in [0.1, 0.15) is 5.75 Å². The summed E-state index contributed by atoms with van der Waals surface area (Å²) in [6.45, 7) is 1.34. The molecule has 7 heteroatoms. The molecular formula is C25H28N2O5. The van der Waals surface area contributed by atoms with E-state index in [4.69, 9.17) is 0 Å². The highest BCUT2D eigenvalue weighted by Gasteiger charge is 2.31. The number of aryl methyl sites for hydroxylation is 1. The average Bonchev–Trinajstić information content (AvgIpc) is 3.21. The van der Waals surface area contributed by atoms with Crippen LogP contribution in [-0.4, -0.2) is 52.5 Å². The Labute approximate surface area is 187 Å². The predicted molar refractivity (Wildman–Crippen MR) is 120 cm³/mol. The predicted octanol–water partition coefficient (Wildman–Crippen LogP) is 3.80. The second-order valence-corrected chi connectivity index (χ2v) is 8.47. The molecule has 2 aliphatic rings. The van der Waals surface area contributed by atoms with Gasteiger partial charge in [0.05, 0.1) is 5.69 Å². The van der Waals surface area contributed by atoms with E-state index in [0.717, 1.165) is 28.8 Å². The second-order valence-electron chi connectivity index (χ2n) is 8.47. The third-order valence-corrected chi connectivity index (χ3v) is 6.37. The first kappa shape index (κ1) is 21.9. The van der Waals surface area contributed by atoms with Gasteiger partial charge in [-0.25, -0.2) is 4.79 Å². The van der Waals surface area contributed by atoms with Crippen LogP contribution in [0, 0.1) is 0 Å². The number of para-hydroxylation sites is 1. The number of unbranched alkanes of at least 4 members (excludes halogenated alkanes) is 1. The Bertz CT molecular complexity index is 1050. The number of rotatable bonds is 9. The zero-order chi connectivity index (χ0) is 22.7. The summed E-state index contributed by atoms with van der Waals surface area (Å²) in [5, 5.41) is 19.3. The maximum atomic E-state index is 12.8. The van der Waals surface area contributed by atoms with Gasteiger partial charge in [-0.3, -0.25) is 9.59 Å². The molecule has 0 aliphatic carbocycles. The van der Waals surface area contributed by atoms with Gasteiger partial charge in [0, 0.05) is 38.0 Å². The number of carbonyl (C=O) groups excluding carboxylic acids is 2. The van der Waals surface area contributed by atoms with E-state index in [1.807, 2.05) is 23.1 Å². The molecule has 32 heavy (non-hydrogen) atoms. The standard InChI is InChI=1S/C25H28N2O5/c28-21-6-2-1-5-17(21)10-13-26(25(31)32)12-4-3-7-22(29)20-15-18-8-9-23(30)27-14-11-19(16-20)24(18)27/h1-2,5-6,15-16,28H,3-4,7-14H2,(H,31,32). The fraction of sp³-hybridized carbons (Fsp3) is 0.400. The Morgan fingerprint density at radius 3 is 2.50 bits per heavy atom. The minimum atomic E-state index is -0.997. The SMILES string of the molecule is O=C(CCCCN(CCc1ccccc1O)C(=O)O)c1cc2c3c(c1)CCN3C(=O)CC2. The number of Topliss-reactive ketones (excluding diaryl/α,β-unsaturated/α-hetero) is 1. The molecule has 2 aromatic carbocycles. The number of benzene rings is 2. The maximum Gasteiger partial charge on any atom is 0.407 e. The van der Waals surface area contributed by atoms with Crippen LogP contribution in [0.25, 0.3) is 0 Å². The molecule has 0 atom stereocenters. The molecular weight excluding hydrogens is 408 g/mol. The van der Waals surface area contributed by atoms with Crippen molar-refractivity contribution in [2.75, 3.05) is 24.5 Å². The normalized spacial score (nSPS) is 14.4. The van der Waals surface area contributed by atoms with E-state index < -0.39 is 6.09 Å². The molecule has 0 spiro atoms. The zero-order valence-electron chi connectivity index (χ0n) is 18.0. The Balaban J connectivity index is 1.29. The van der Waals surface area contributed by atoms with Crippen molar-refractivity contribution in [2.45, 2.75) is 44.9 Å². The number of phenolic OH excluding ortho intramolecular Hbond substituents is 1. The first-order valence-corrected chi connectivity index (χ1v) is 11.2. The highest BCUT2D eigenvalue weighted by Crippen LogP contribution is 2.37. The maximum absolute atomic E-state index is 12.8. The van der Waals surface area contributed by atoms with E-state index in [2.05, 4.69) is 0 Å². The summed E-state index contributed by atoms with van der Waals surface area (Å²) in [5.74, 6) is 0.403. The molecule has 0 unspecified atom stereocenters. The molecule has 2 aromatic rings. The summed E-state index contributed by atoms with van der Waals surface area (Å²) in [6.07, 6.45) is 2.99. The Morgan fingerprint density at radius 2 is 1.75 bits per heavy atom. The Kier molecular flexibility index (Phi) is 6.44. The number of hydrogen-bond donors (Lipinski definition) is 2. The van der Waals surface area contributed by atoms with E-state index in [0.29, 0.717) is 63.7 Å². The van der Waals surface area contributed by atoms with Crippen molar-refractivity contribution in [1.82, 2.24) is 4.90 Å². The lowest BCUT2D eigenvalue weighted by molar-refractivity contribution is -0.118. The minimum absolute atomic E-state index is 0.0653. The Morgan fingerprint density at radius 1 is 1.00 bits per heavy atom. The topological polar surface area (TPSA) is 98.2 Å². The second kappa shape index (κ2) is 9.42. The van der Waals surface area contributed by atoms with Gasteiger partial charge < -0.3 is 20.0 Å². The summed E-state index contributed by atoms with van der Waals surface area (Å²) >= 11 is 0. The van der Waals surface area contributed by atoms with Gasteiger partial charge in [-0.1, -0.05) is 18.2 Å². The fourth-order valence-electron chi connectivity index (χ4n) is 4.63. The molecule has 168 valence electrons. The van der Waals surface area contributed by atoms with Gasteiger partial charge in [-0.05, 0) is 67.0 Å². The van der Waals surface area contributed by atoms with Gasteiger partial charge in [0.2, 0.25) is 5.91 Å². The molecule has 2 N–H and O–H groups in total. The molecule has 2 heterocycles. The number of aromatic hydroxyl groups is 1. The number of hydrogen-bond acceptors (Lipinski definition) is 4. The van der Waals surface area contributed by atoms with Crippen LogP contribution >= 0.6 is 0 Å². The van der Waals surface area contributed by atoms with Crippen LogP contribution in [0.4, 0.5) is 10.5 Å². The van der Waals surface area contributed by atoms with Crippen LogP contribution in [0.5, 0.6) is 5.75 Å². The van der Waals surface area contributed by atoms with E-state index in [1.165, 1.54) is 4.90 Å². The summed E-state index contributed by atoms with van der Waals surface area (Å²) in [5.41, 5.74) is 4.60. The molecule has 2 aliphatic heterocycles. The van der Waals surface area contributed by atoms with Crippen LogP contribution in [0.3, 0.4) is 0 Å². The lowest BCUT2D eigenvalue weighted by Crippen LogP contribution is -2.33. The van der Waals surface area contributed by atoms with Crippen molar-refractivity contribution in [2.24, 2.45) is 0 Å². The van der Waals surface area contributed by atoms with Gasteiger partial charge in [0.15, 0.2) is 5.78 Å². The first-order chi connectivity index (χ1) is 15.4. The van der Waals surface area contributed by atoms with Crippen LogP contribution in [-0.2, 0) is 24.1 Å². The van der Waals surface area contributed by atoms with Gasteiger partial charge in [0.25, 0.3) is 0 Å². The molecule has 0 aromatic heterocycles. The van der Waals surface area contributed by atoms with Crippen molar-refractivity contribution >= 4 is 23.5 Å². The minimum Gasteiger partial charge on any atom is -0.508 e. The third kappa shape index (κ3) is 4.61. The van der Waals surface area contributed by atoms with Gasteiger partial charge in [-0.2, -0.15) is 0 Å². The number of ketones is 1. The number of carbonyl (C=O) groups is 3. The van der Waals surface area contributed by atoms with Crippen molar-refractivity contribution in [3.05, 3.63) is 58.7 Å². The monoisotopic (exact) mass is 436 g/mol. The number of anilines is 1. The summed E-state index contributed by atoms with van der Waals surface area (Å²) in [4.78, 5) is 39.6. The molecule has 0 saturated heterocycles. The molecule has 2 amide bonds. The van der Waals surface area contributed by atoms with Gasteiger partial charge >= 0.3 is 6.09 Å². The van der Waals surface area contributed by atoms with Crippen molar-refractivity contribution in [3.63, 3.8) is 0 Å². The lowest BCUT2D eigenvalue weighted by atomic mass is 9.94. The van der Waals surface area contributed by atoms with Gasteiger partial charge in [-0.15, -0.1) is 0 Å². The number of carboxylic acid groups (broad SMARTS) is 1. The quantitative estimate of drug-likeness (QED) is 0.460. The Hall–Kier alpha value is -3.35. The van der Waals surface area contributed by atoms with E-state index in [-0.39, 0.29) is 17.4 Å². The average molecular weight is 437 g/mol. The van der Waals surface area contributed by atoms with E-state index in [1.54, 1.807) is 18.2 Å². The molecule has 0 saturated carbocycles. The highest BCUT2D eigenvalue weighted by atomic mass is 16.4. The zero-order valence-corrected chi connectivity index (χ0v) is 18.0. The van der Waals surface area contributed by atoms with Crippen LogP contribution in [0.1, 0.15) is 52.7 Å². The van der Waals surface area contributed by atoms with Crippen LogP contribution in [0.15, 0.2) is 36.4 Å². The lowest BCUT2D eigenvalue weighted by Gasteiger charge is -2.25. The smallest absolute Gasteiger partial charge is 0.407 e. The number of nitrogens with zero attached hydrogens (tertiary/aromatic N) is 2. The molecule has 7 nitrogen and oxygen atoms in total. The highest BCUT2D eigenvalue weighted by molar-refractivity contribution is 6.02. The summed E-state index contributed by atoms with van der Waals surface area (Å²) in [7, 11) is 0. The summed E-state index contributed by atoms with van der Waals surface area (Å²) in [6, 6.07) is 10.8. The molecule has 0 fully saturated rings. The van der Waals surface area contributed by atoms with Crippen molar-refractivity contribution in [1.29, 1.82) is 0 Å². The number of phenols is 1. The summed E-state index contributed by atoms with van der Waals surface area (Å²) < 4.78 is 0. The largest absolute Gasteiger partial charge is 0.508 e. The first-order valence-electron chi connectivity index (χ1n) is 11.2. The van der Waals surface area contributed by atoms with E-state index in [9.17, 15) is 24.6 Å². The third-order valence-electron chi connectivity index (χ3n) is 6.37. The fourth-order valence-corrected chi connectivity index (χ4v) is 4.63. The molecule has 0 radical (unpaired) electrons. The van der Waals surface area contributed by atoms with Crippen molar-refractivity contribution < 1.29 is 24.6 Å². The van der Waals surface area contributed by atoms with Crippen LogP contribution < -0.4 is 4.90 Å². The molecule has 4 rings (SSSR count). The van der Waals surface area contributed by atoms with Crippen LogP contribution in [0.2, 0.25) is 0 Å². The van der Waals surface area contributed by atoms with Crippen molar-refractivity contribution in [3.8, 4) is 5.75 Å². The van der Waals surface area contributed by atoms with E-state index >= 15 is 0 Å².